The van der Waals surface area contributed by atoms with Crippen LogP contribution in [0, 0.1) is 11.3 Å². The van der Waals surface area contributed by atoms with Gasteiger partial charge in [-0.25, -0.2) is 9.97 Å². The molecule has 0 aliphatic rings. The van der Waals surface area contributed by atoms with Gasteiger partial charge >= 0.3 is 0 Å². The Hall–Kier alpha value is -2.58. The summed E-state index contributed by atoms with van der Waals surface area (Å²) < 4.78 is 1.62. The van der Waals surface area contributed by atoms with Crippen molar-refractivity contribution in [3.05, 3.63) is 47.1 Å². The average molecular weight is 270 g/mol. The van der Waals surface area contributed by atoms with E-state index in [4.69, 9.17) is 17.3 Å². The Balaban J connectivity index is 2.40. The molecule has 0 atom stereocenters. The standard InChI is InChI=1S/C13H8ClN5/c14-9-4-3-8(7-15)11(6-9)19-12-10(18-13(19)16)2-1-5-17-12/h1-6H,(H2,16,18). The number of nitrogens with zero attached hydrogens (tertiary/aromatic N) is 4. The van der Waals surface area contributed by atoms with Crippen molar-refractivity contribution in [1.29, 1.82) is 5.26 Å². The van der Waals surface area contributed by atoms with E-state index in [2.05, 4.69) is 16.0 Å². The molecule has 0 spiro atoms. The summed E-state index contributed by atoms with van der Waals surface area (Å²) in [5.41, 5.74) is 8.22. The van der Waals surface area contributed by atoms with Gasteiger partial charge in [-0.1, -0.05) is 11.6 Å². The topological polar surface area (TPSA) is 80.5 Å². The molecule has 5 nitrogen and oxygen atoms in total. The first kappa shape index (κ1) is 11.5. The molecule has 0 aliphatic carbocycles. The highest BCUT2D eigenvalue weighted by Gasteiger charge is 2.14. The highest BCUT2D eigenvalue weighted by molar-refractivity contribution is 6.30. The van der Waals surface area contributed by atoms with E-state index in [0.717, 1.165) is 0 Å². The van der Waals surface area contributed by atoms with Crippen molar-refractivity contribution in [2.75, 3.05) is 5.73 Å². The van der Waals surface area contributed by atoms with Crippen molar-refractivity contribution in [3.63, 3.8) is 0 Å². The normalized spacial score (nSPS) is 10.5. The third-order valence-corrected chi connectivity index (χ3v) is 3.00. The summed E-state index contributed by atoms with van der Waals surface area (Å²) in [6.45, 7) is 0. The minimum Gasteiger partial charge on any atom is -0.369 e. The molecule has 92 valence electrons. The van der Waals surface area contributed by atoms with Crippen molar-refractivity contribution in [1.82, 2.24) is 14.5 Å². The molecule has 6 heteroatoms. The van der Waals surface area contributed by atoms with E-state index in [1.165, 1.54) is 0 Å². The molecule has 1 aromatic carbocycles. The lowest BCUT2D eigenvalue weighted by atomic mass is 10.2. The number of imidazole rings is 1. The van der Waals surface area contributed by atoms with Gasteiger partial charge in [-0.05, 0) is 30.3 Å². The van der Waals surface area contributed by atoms with E-state index in [1.807, 2.05) is 6.07 Å². The fourth-order valence-electron chi connectivity index (χ4n) is 1.95. The molecule has 2 heterocycles. The number of hydrogen-bond acceptors (Lipinski definition) is 4. The van der Waals surface area contributed by atoms with Crippen molar-refractivity contribution >= 4 is 28.7 Å². The lowest BCUT2D eigenvalue weighted by Gasteiger charge is -2.08. The van der Waals surface area contributed by atoms with Crippen LogP contribution in [-0.4, -0.2) is 14.5 Å². The SMILES string of the molecule is N#Cc1ccc(Cl)cc1-n1c(N)nc2cccnc21. The fourth-order valence-corrected chi connectivity index (χ4v) is 2.12. The zero-order valence-electron chi connectivity index (χ0n) is 9.71. The quantitative estimate of drug-likeness (QED) is 0.736. The van der Waals surface area contributed by atoms with Gasteiger partial charge in [0, 0.05) is 11.2 Å². The number of hydrogen-bond donors (Lipinski definition) is 1. The van der Waals surface area contributed by atoms with Crippen LogP contribution in [0.25, 0.3) is 16.9 Å². The summed E-state index contributed by atoms with van der Waals surface area (Å²) in [7, 11) is 0. The number of anilines is 1. The molecule has 0 saturated carbocycles. The van der Waals surface area contributed by atoms with E-state index in [-0.39, 0.29) is 5.95 Å². The summed E-state index contributed by atoms with van der Waals surface area (Å²) >= 11 is 5.99. The summed E-state index contributed by atoms with van der Waals surface area (Å²) in [5.74, 6) is 0.271. The molecule has 19 heavy (non-hydrogen) atoms. The predicted octanol–water partition coefficient (Wildman–Crippen LogP) is 2.53. The van der Waals surface area contributed by atoms with Gasteiger partial charge in [0.2, 0.25) is 5.95 Å². The number of rotatable bonds is 1. The number of nitrogen functional groups attached to an aromatic ring is 1. The summed E-state index contributed by atoms with van der Waals surface area (Å²) in [5, 5.41) is 9.70. The summed E-state index contributed by atoms with van der Waals surface area (Å²) in [6.07, 6.45) is 1.65. The lowest BCUT2D eigenvalue weighted by Crippen LogP contribution is -2.03. The highest BCUT2D eigenvalue weighted by atomic mass is 35.5. The van der Waals surface area contributed by atoms with Gasteiger partial charge < -0.3 is 5.73 Å². The van der Waals surface area contributed by atoms with E-state index < -0.39 is 0 Å². The second-order valence-electron chi connectivity index (χ2n) is 3.92. The van der Waals surface area contributed by atoms with E-state index >= 15 is 0 Å². The molecule has 0 radical (unpaired) electrons. The number of aromatic nitrogens is 3. The molecule has 0 unspecified atom stereocenters. The Kier molecular flexibility index (Phi) is 2.58. The molecule has 0 aliphatic heterocycles. The molecular weight excluding hydrogens is 262 g/mol. The third-order valence-electron chi connectivity index (χ3n) is 2.76. The number of fused-ring (bicyclic) bond motifs is 1. The third kappa shape index (κ3) is 1.79. The molecule has 2 N–H and O–H groups in total. The van der Waals surface area contributed by atoms with Crippen LogP contribution < -0.4 is 5.73 Å². The number of halogens is 1. The van der Waals surface area contributed by atoms with Crippen LogP contribution in [0.5, 0.6) is 0 Å². The second-order valence-corrected chi connectivity index (χ2v) is 4.36. The molecular formula is C13H8ClN5. The first-order valence-electron chi connectivity index (χ1n) is 5.49. The number of pyridine rings is 1. The summed E-state index contributed by atoms with van der Waals surface area (Å²) in [6, 6.07) is 10.7. The number of nitriles is 1. The molecule has 2 aromatic heterocycles. The highest BCUT2D eigenvalue weighted by Crippen LogP contribution is 2.26. The minimum absolute atomic E-state index is 0.271. The maximum Gasteiger partial charge on any atom is 0.207 e. The Morgan fingerprint density at radius 2 is 2.16 bits per heavy atom. The monoisotopic (exact) mass is 269 g/mol. The maximum absolute atomic E-state index is 9.18. The van der Waals surface area contributed by atoms with Crippen LogP contribution in [0.1, 0.15) is 5.56 Å². The van der Waals surface area contributed by atoms with Crippen molar-refractivity contribution in [2.24, 2.45) is 0 Å². The molecule has 0 amide bonds. The van der Waals surface area contributed by atoms with Crippen molar-refractivity contribution in [3.8, 4) is 11.8 Å². The van der Waals surface area contributed by atoms with Gasteiger partial charge in [0.15, 0.2) is 5.65 Å². The molecule has 0 fully saturated rings. The smallest absolute Gasteiger partial charge is 0.207 e. The van der Waals surface area contributed by atoms with Gasteiger partial charge in [-0.2, -0.15) is 5.26 Å². The predicted molar refractivity (Wildman–Crippen MR) is 73.0 cm³/mol. The minimum atomic E-state index is 0.271. The number of benzene rings is 1. The van der Waals surface area contributed by atoms with Crippen molar-refractivity contribution < 1.29 is 0 Å². The summed E-state index contributed by atoms with van der Waals surface area (Å²) in [4.78, 5) is 8.47. The molecule has 0 bridgehead atoms. The largest absolute Gasteiger partial charge is 0.369 e. The van der Waals surface area contributed by atoms with Crippen LogP contribution >= 0.6 is 11.6 Å². The second kappa shape index (κ2) is 4.26. The molecule has 3 aromatic rings. The van der Waals surface area contributed by atoms with Gasteiger partial charge in [0.25, 0.3) is 0 Å². The molecule has 0 saturated heterocycles. The Morgan fingerprint density at radius 1 is 1.32 bits per heavy atom. The van der Waals surface area contributed by atoms with Crippen LogP contribution in [0.4, 0.5) is 5.95 Å². The first-order chi connectivity index (χ1) is 9.20. The van der Waals surface area contributed by atoms with E-state index in [1.54, 1.807) is 35.0 Å². The van der Waals surface area contributed by atoms with Crippen LogP contribution in [0.3, 0.4) is 0 Å². The van der Waals surface area contributed by atoms with E-state index in [0.29, 0.717) is 27.4 Å². The lowest BCUT2D eigenvalue weighted by molar-refractivity contribution is 1.08. The van der Waals surface area contributed by atoms with Crippen molar-refractivity contribution in [2.45, 2.75) is 0 Å². The Labute approximate surface area is 113 Å². The van der Waals surface area contributed by atoms with Crippen LogP contribution in [0.2, 0.25) is 5.02 Å². The first-order valence-corrected chi connectivity index (χ1v) is 5.87. The number of nitrogens with two attached hydrogens (primary N) is 1. The van der Waals surface area contributed by atoms with Gasteiger partial charge in [-0.3, -0.25) is 4.57 Å². The Morgan fingerprint density at radius 3 is 2.95 bits per heavy atom. The van der Waals surface area contributed by atoms with Crippen LogP contribution in [-0.2, 0) is 0 Å². The van der Waals surface area contributed by atoms with Gasteiger partial charge in [-0.15, -0.1) is 0 Å². The zero-order chi connectivity index (χ0) is 13.4. The van der Waals surface area contributed by atoms with Gasteiger partial charge in [0.05, 0.1) is 11.3 Å². The molecule has 3 rings (SSSR count). The zero-order valence-corrected chi connectivity index (χ0v) is 10.5. The maximum atomic E-state index is 9.18. The fraction of sp³-hybridized carbons (Fsp3) is 0. The van der Waals surface area contributed by atoms with Gasteiger partial charge in [0.1, 0.15) is 11.6 Å². The van der Waals surface area contributed by atoms with Crippen LogP contribution in [0.15, 0.2) is 36.5 Å². The Bertz CT molecular complexity index is 816. The average Bonchev–Trinajstić information content (AvgIpc) is 2.74. The van der Waals surface area contributed by atoms with E-state index in [9.17, 15) is 5.26 Å².